The number of rotatable bonds is 9. The van der Waals surface area contributed by atoms with E-state index in [1.807, 2.05) is 6.07 Å². The van der Waals surface area contributed by atoms with Crippen molar-refractivity contribution in [1.82, 2.24) is 10.0 Å². The molecule has 2 N–H and O–H groups in total. The van der Waals surface area contributed by atoms with Gasteiger partial charge in [-0.2, -0.15) is 0 Å². The van der Waals surface area contributed by atoms with E-state index < -0.39 is 10.0 Å². The highest BCUT2D eigenvalue weighted by atomic mass is 32.2. The van der Waals surface area contributed by atoms with Crippen molar-refractivity contribution in [2.75, 3.05) is 19.6 Å². The maximum atomic E-state index is 12.3. The van der Waals surface area contributed by atoms with E-state index in [0.717, 1.165) is 43.6 Å². The summed E-state index contributed by atoms with van der Waals surface area (Å²) in [6, 6.07) is 3.66. The summed E-state index contributed by atoms with van der Waals surface area (Å²) in [6.45, 7) is 6.76. The molecule has 1 saturated carbocycles. The summed E-state index contributed by atoms with van der Waals surface area (Å²) < 4.78 is 27.8. The van der Waals surface area contributed by atoms with Gasteiger partial charge in [-0.1, -0.05) is 20.3 Å². The Morgan fingerprint density at radius 2 is 2.05 bits per heavy atom. The smallest absolute Gasteiger partial charge is 0.250 e. The number of hydrogen-bond acceptors (Lipinski definition) is 4. The molecule has 1 aliphatic carbocycles. The average molecular weight is 331 g/mol. The lowest BCUT2D eigenvalue weighted by molar-refractivity contribution is 0.166. The van der Waals surface area contributed by atoms with Gasteiger partial charge in [0.2, 0.25) is 10.0 Å². The minimum Gasteiger partial charge on any atom is -0.316 e. The van der Waals surface area contributed by atoms with Gasteiger partial charge in [0.15, 0.2) is 0 Å². The van der Waals surface area contributed by atoms with Crippen LogP contribution in [-0.4, -0.2) is 28.1 Å². The normalized spacial score (nSPS) is 17.6. The first-order valence-electron chi connectivity index (χ1n) is 7.74. The summed E-state index contributed by atoms with van der Waals surface area (Å²) in [4.78, 5) is 1.12. The monoisotopic (exact) mass is 330 g/mol. The van der Waals surface area contributed by atoms with E-state index in [1.165, 1.54) is 17.8 Å². The van der Waals surface area contributed by atoms with Crippen LogP contribution in [-0.2, 0) is 16.4 Å². The van der Waals surface area contributed by atoms with Crippen LogP contribution < -0.4 is 10.0 Å². The molecule has 0 aromatic carbocycles. The van der Waals surface area contributed by atoms with Crippen LogP contribution >= 0.6 is 11.3 Å². The second-order valence-corrected chi connectivity index (χ2v) is 9.37. The molecule has 1 aliphatic rings. The van der Waals surface area contributed by atoms with E-state index in [1.54, 1.807) is 6.07 Å². The Hall–Kier alpha value is -0.430. The van der Waals surface area contributed by atoms with E-state index in [4.69, 9.17) is 0 Å². The summed E-state index contributed by atoms with van der Waals surface area (Å²) >= 11 is 1.38. The SMILES string of the molecule is CCCNCCc1ccc(S(=O)(=O)NCC2(C)CCC2)s1. The summed E-state index contributed by atoms with van der Waals surface area (Å²) in [5.41, 5.74) is 0.164. The standard InChI is InChI=1S/C15H26N2O2S2/c1-3-10-16-11-7-13-5-6-14(20-13)21(18,19)17-12-15(2)8-4-9-15/h5-6,16-17H,3-4,7-12H2,1-2H3. The van der Waals surface area contributed by atoms with Crippen molar-refractivity contribution in [3.05, 3.63) is 17.0 Å². The molecule has 6 heteroatoms. The highest BCUT2D eigenvalue weighted by Crippen LogP contribution is 2.39. The molecule has 0 saturated heterocycles. The third-order valence-corrected chi connectivity index (χ3v) is 7.16. The molecule has 0 atom stereocenters. The minimum atomic E-state index is -3.34. The zero-order valence-corrected chi connectivity index (χ0v) is 14.6. The topological polar surface area (TPSA) is 58.2 Å². The first-order chi connectivity index (χ1) is 9.95. The molecule has 0 radical (unpaired) electrons. The summed E-state index contributed by atoms with van der Waals surface area (Å²) in [7, 11) is -3.34. The van der Waals surface area contributed by atoms with Gasteiger partial charge in [-0.05, 0) is 56.3 Å². The minimum absolute atomic E-state index is 0.164. The highest BCUT2D eigenvalue weighted by Gasteiger charge is 2.33. The van der Waals surface area contributed by atoms with Crippen molar-refractivity contribution in [3.8, 4) is 0 Å². The van der Waals surface area contributed by atoms with Gasteiger partial charge >= 0.3 is 0 Å². The Balaban J connectivity index is 1.86. The van der Waals surface area contributed by atoms with E-state index in [0.29, 0.717) is 10.8 Å². The van der Waals surface area contributed by atoms with Crippen molar-refractivity contribution in [3.63, 3.8) is 0 Å². The number of hydrogen-bond donors (Lipinski definition) is 2. The van der Waals surface area contributed by atoms with E-state index in [9.17, 15) is 8.42 Å². The average Bonchev–Trinajstić information content (AvgIpc) is 2.89. The molecule has 0 spiro atoms. The van der Waals surface area contributed by atoms with Gasteiger partial charge in [0, 0.05) is 11.4 Å². The lowest BCUT2D eigenvalue weighted by atomic mass is 9.71. The Bertz CT molecular complexity index is 548. The maximum Gasteiger partial charge on any atom is 0.250 e. The summed E-state index contributed by atoms with van der Waals surface area (Å²) in [5, 5.41) is 3.33. The molecule has 4 nitrogen and oxygen atoms in total. The maximum absolute atomic E-state index is 12.3. The van der Waals surface area contributed by atoms with Gasteiger partial charge in [-0.15, -0.1) is 11.3 Å². The quantitative estimate of drug-likeness (QED) is 0.685. The van der Waals surface area contributed by atoms with Crippen molar-refractivity contribution in [2.45, 2.75) is 50.2 Å². The fourth-order valence-corrected chi connectivity index (χ4v) is 5.05. The molecule has 0 bridgehead atoms. The molecule has 0 aliphatic heterocycles. The molecule has 1 aromatic rings. The van der Waals surface area contributed by atoms with Crippen LogP contribution in [0.15, 0.2) is 16.3 Å². The zero-order valence-electron chi connectivity index (χ0n) is 12.9. The van der Waals surface area contributed by atoms with Crippen molar-refractivity contribution < 1.29 is 8.42 Å². The van der Waals surface area contributed by atoms with Crippen LogP contribution in [0.3, 0.4) is 0 Å². The van der Waals surface area contributed by atoms with E-state index >= 15 is 0 Å². The first-order valence-corrected chi connectivity index (χ1v) is 10.0. The fourth-order valence-electron chi connectivity index (χ4n) is 2.45. The largest absolute Gasteiger partial charge is 0.316 e. The summed E-state index contributed by atoms with van der Waals surface area (Å²) in [5.74, 6) is 0. The van der Waals surface area contributed by atoms with E-state index in [-0.39, 0.29) is 5.41 Å². The molecule has 0 amide bonds. The molecule has 2 rings (SSSR count). The van der Waals surface area contributed by atoms with Gasteiger partial charge in [-0.3, -0.25) is 0 Å². The lowest BCUT2D eigenvalue weighted by Crippen LogP contribution is -2.39. The Labute approximate surface area is 132 Å². The Morgan fingerprint density at radius 1 is 1.29 bits per heavy atom. The Kier molecular flexibility index (Phi) is 5.82. The predicted octanol–water partition coefficient (Wildman–Crippen LogP) is 2.76. The Morgan fingerprint density at radius 3 is 2.67 bits per heavy atom. The second kappa shape index (κ2) is 7.22. The van der Waals surface area contributed by atoms with E-state index in [2.05, 4.69) is 23.9 Å². The van der Waals surface area contributed by atoms with Gasteiger partial charge < -0.3 is 5.32 Å². The van der Waals surface area contributed by atoms with Crippen molar-refractivity contribution in [1.29, 1.82) is 0 Å². The highest BCUT2D eigenvalue weighted by molar-refractivity contribution is 7.91. The van der Waals surface area contributed by atoms with Crippen molar-refractivity contribution in [2.24, 2.45) is 5.41 Å². The molecular formula is C15H26N2O2S2. The number of sulfonamides is 1. The van der Waals surface area contributed by atoms with Crippen LogP contribution in [0.4, 0.5) is 0 Å². The van der Waals surface area contributed by atoms with Crippen LogP contribution in [0.25, 0.3) is 0 Å². The van der Waals surface area contributed by atoms with Gasteiger partial charge in [0.25, 0.3) is 0 Å². The molecule has 120 valence electrons. The van der Waals surface area contributed by atoms with Gasteiger partial charge in [0.1, 0.15) is 4.21 Å². The number of thiophene rings is 1. The molecule has 0 unspecified atom stereocenters. The van der Waals surface area contributed by atoms with Crippen LogP contribution in [0.2, 0.25) is 0 Å². The number of nitrogens with one attached hydrogen (secondary N) is 2. The van der Waals surface area contributed by atoms with Crippen LogP contribution in [0.1, 0.15) is 44.4 Å². The zero-order chi connectivity index (χ0) is 15.3. The third-order valence-electron chi connectivity index (χ3n) is 4.13. The molecule has 1 aromatic heterocycles. The lowest BCUT2D eigenvalue weighted by Gasteiger charge is -2.38. The van der Waals surface area contributed by atoms with Crippen LogP contribution in [0, 0.1) is 5.41 Å². The molecule has 1 heterocycles. The predicted molar refractivity (Wildman–Crippen MR) is 88.3 cm³/mol. The van der Waals surface area contributed by atoms with Gasteiger partial charge in [-0.25, -0.2) is 13.1 Å². The van der Waals surface area contributed by atoms with Crippen molar-refractivity contribution >= 4 is 21.4 Å². The first kappa shape index (κ1) is 16.9. The molecule has 21 heavy (non-hydrogen) atoms. The second-order valence-electron chi connectivity index (χ2n) is 6.21. The van der Waals surface area contributed by atoms with Crippen LogP contribution in [0.5, 0.6) is 0 Å². The molecule has 1 fully saturated rings. The summed E-state index contributed by atoms with van der Waals surface area (Å²) in [6.07, 6.45) is 5.46. The fraction of sp³-hybridized carbons (Fsp3) is 0.733. The molecular weight excluding hydrogens is 304 g/mol. The van der Waals surface area contributed by atoms with Gasteiger partial charge in [0.05, 0.1) is 0 Å². The third kappa shape index (κ3) is 4.77.